The number of thioether (sulfide) groups is 1. The summed E-state index contributed by atoms with van der Waals surface area (Å²) in [6.45, 7) is 21.2. The summed E-state index contributed by atoms with van der Waals surface area (Å²) in [6.07, 6.45) is 47.1. The van der Waals surface area contributed by atoms with E-state index in [1.54, 1.807) is 26.3 Å². The zero-order chi connectivity index (χ0) is 92.8. The molecule has 1 aliphatic heterocycles. The standard InChI is InChI=1S/C14H13N.C11H19N.C11H15N.2C10H13N.C9H17N.C9H13N.C8H18N2O.C8H17N.C7H15N.C6H13N.C5H11N.C4H9NS/c1-15-14-12-8-4-2-6-10(12)11-7-3-5-9-13(11)14;1-12-11-5-8-2-9(6-11)4-10(3-8)7-11;1-12-11-8-4-6-9-5-2-3-7-10(9)11;1-11-10-6-8-4-2-3-5-9(8)7-10;1-11-10-7-6-8-4-2-3-5-9(8)10;1-10-9-6-2-4-8(9)5-3-7-9;1-7-5-4-6-8(2)9(7)10-3;1-5-6-10-7(11)8(2,3)9-4;1-8(9-2)6-4-3-5-7-8;1-7(8-2)5-3-4-6-7;1-6(7-2)4-3-5-6;1-5(6-2)3-4-5;1-5-2-3-6-4-5/h2-9,14-15H,1H3;8-10,12H,2-7H2,1H3;2-3,5,7,11-12H,4,6,8H2,1H3;2*2-5,10-11H,6-7H2,1H3;8,10H,2-7H2,1H3;4-6,10H,1-3H3;9H,5-6H2,1-4H3,(H,10,11);9H,3-7H2,1-2H3;8H,3-6H2,1-2H3;7H,3-5H2,1-2H3;6H,3-4H2,1-2H3;2-4H2,1H3. The number of carbonyl (C=O) groups is 1. The third-order valence-corrected chi connectivity index (χ3v) is 33.0. The van der Waals surface area contributed by atoms with Crippen LogP contribution in [-0.2, 0) is 30.5 Å². The summed E-state index contributed by atoms with van der Waals surface area (Å²) in [7, 11) is 26.5. The topological polar surface area (TPSA) is 177 Å². The van der Waals surface area contributed by atoms with Gasteiger partial charge in [0.1, 0.15) is 0 Å². The first kappa shape index (κ1) is 108. The van der Waals surface area contributed by atoms with E-state index in [4.69, 9.17) is 0 Å². The third kappa shape index (κ3) is 32.6. The van der Waals surface area contributed by atoms with Gasteiger partial charge in [-0.1, -0.05) is 191 Å². The van der Waals surface area contributed by atoms with E-state index in [2.05, 4.69) is 290 Å². The van der Waals surface area contributed by atoms with Gasteiger partial charge in [-0.15, -0.1) is 11.8 Å². The molecule has 6 aromatic carbocycles. The van der Waals surface area contributed by atoms with Gasteiger partial charge >= 0.3 is 0 Å². The van der Waals surface area contributed by atoms with Gasteiger partial charge < -0.3 is 69.1 Å². The van der Waals surface area contributed by atoms with E-state index in [0.29, 0.717) is 57.4 Å². The summed E-state index contributed by atoms with van der Waals surface area (Å²) < 4.78 is 0. The number of para-hydroxylation sites is 1. The van der Waals surface area contributed by atoms with Crippen molar-refractivity contribution in [1.29, 1.82) is 0 Å². The van der Waals surface area contributed by atoms with Crippen LogP contribution in [0.15, 0.2) is 140 Å². The Kier molecular flexibility index (Phi) is 45.6. The molecule has 1 amide bonds. The van der Waals surface area contributed by atoms with Crippen molar-refractivity contribution >= 4 is 23.4 Å². The van der Waals surface area contributed by atoms with Gasteiger partial charge in [-0.25, -0.2) is 0 Å². The van der Waals surface area contributed by atoms with Gasteiger partial charge in [0.25, 0.3) is 0 Å². The van der Waals surface area contributed by atoms with Crippen LogP contribution in [0.3, 0.4) is 0 Å². The summed E-state index contributed by atoms with van der Waals surface area (Å²) in [5.41, 5.74) is 21.2. The minimum atomic E-state index is -0.449. The van der Waals surface area contributed by atoms with Gasteiger partial charge in [0.15, 0.2) is 0 Å². The quantitative estimate of drug-likeness (QED) is 0.0467. The Morgan fingerprint density at radius 1 is 0.438 bits per heavy atom. The summed E-state index contributed by atoms with van der Waals surface area (Å²) in [5.74, 6) is 6.91. The van der Waals surface area contributed by atoms with Crippen LogP contribution in [0.4, 0.5) is 5.69 Å². The van der Waals surface area contributed by atoms with Gasteiger partial charge in [-0.3, -0.25) is 9.69 Å². The van der Waals surface area contributed by atoms with Crippen molar-refractivity contribution < 1.29 is 4.79 Å². The molecule has 0 spiro atoms. The van der Waals surface area contributed by atoms with Gasteiger partial charge in [0.2, 0.25) is 5.91 Å². The summed E-state index contributed by atoms with van der Waals surface area (Å²) in [6, 6.07) is 51.9. The Morgan fingerprint density at radius 3 is 1.21 bits per heavy atom. The number of anilines is 1. The van der Waals surface area contributed by atoms with Gasteiger partial charge in [-0.05, 0) is 404 Å². The molecule has 16 heteroatoms. The number of fused-ring (bicyclic) bond motifs is 7. The number of amides is 1. The predicted molar refractivity (Wildman–Crippen MR) is 557 cm³/mol. The number of carbonyl (C=O) groups excluding carboxylic acids is 1. The number of hydrogen-bond donors (Lipinski definition) is 13. The molecule has 1 saturated heterocycles. The molecular weight excluding hydrogens is 1590 g/mol. The lowest BCUT2D eigenvalue weighted by Gasteiger charge is -2.56. The van der Waals surface area contributed by atoms with Crippen LogP contribution in [0.5, 0.6) is 0 Å². The SMILES string of the molecule is CCCNC(=O)C(C)(C)NC.CN1CCSC1.CNC1(C)CC1.CNC1(C)CCC1.CNC1(C)CCCC1.CNC1(C)CCCCC1.CNC12CC3CC(CC(C3)C1)C2.CNC12CCCC1CCC2.CNC1CCCc2ccccc21.CNC1CCc2ccccc21.CNC1Cc2ccccc2C1.CNC1c2ccccc2-c2ccccc21.CNc1c(C)cccc1C. The van der Waals surface area contributed by atoms with Crippen molar-refractivity contribution in [1.82, 2.24) is 68.7 Å². The molecule has 11 fully saturated rings. The number of nitrogens with one attached hydrogen (secondary N) is 13. The fraction of sp³-hybridized carbons (Fsp3) is 0.670. The molecule has 1 heterocycles. The molecule has 0 aromatic heterocycles. The molecule has 2 unspecified atom stereocenters. The second-order valence-corrected chi connectivity index (χ2v) is 42.6. The first-order chi connectivity index (χ1) is 61.6. The average molecular weight is 1780 g/mol. The first-order valence-electron chi connectivity index (χ1n) is 50.8. The Hall–Kier alpha value is -5.54. The van der Waals surface area contributed by atoms with Gasteiger partial charge in [0.05, 0.1) is 11.6 Å². The van der Waals surface area contributed by atoms with E-state index in [-0.39, 0.29) is 5.91 Å². The Bertz CT molecular complexity index is 3970. The highest BCUT2D eigenvalue weighted by Crippen LogP contribution is 2.56. The number of rotatable bonds is 15. The summed E-state index contributed by atoms with van der Waals surface area (Å²) in [5, 5.41) is 42.7. The summed E-state index contributed by atoms with van der Waals surface area (Å²) >= 11 is 2.01. The highest BCUT2D eigenvalue weighted by molar-refractivity contribution is 7.99. The molecule has 10 saturated carbocycles. The summed E-state index contributed by atoms with van der Waals surface area (Å²) in [4.78, 5) is 13.6. The smallest absolute Gasteiger partial charge is 0.239 e. The normalized spacial score (nSPS) is 24.9. The van der Waals surface area contributed by atoms with Gasteiger partial charge in [0, 0.05) is 88.8 Å². The fourth-order valence-corrected chi connectivity index (χ4v) is 23.2. The molecule has 14 aliphatic carbocycles. The molecule has 13 N–H and O–H groups in total. The molecule has 2 atom stereocenters. The molecule has 15 nitrogen and oxygen atoms in total. The second-order valence-electron chi connectivity index (χ2n) is 41.5. The lowest BCUT2D eigenvalue weighted by molar-refractivity contribution is -0.126. The Morgan fingerprint density at radius 2 is 0.867 bits per heavy atom. The largest absolute Gasteiger partial charge is 0.388 e. The zero-order valence-electron chi connectivity index (χ0n) is 85.0. The van der Waals surface area contributed by atoms with E-state index in [1.807, 2.05) is 81.9 Å². The Balaban J connectivity index is 0.000000173. The third-order valence-electron chi connectivity index (χ3n) is 31.9. The number of hydrogen-bond acceptors (Lipinski definition) is 15. The van der Waals surface area contributed by atoms with Crippen molar-refractivity contribution in [2.45, 2.75) is 344 Å². The first-order valence-corrected chi connectivity index (χ1v) is 51.9. The average Bonchev–Trinajstić information content (AvgIpc) is 1.60. The van der Waals surface area contributed by atoms with Crippen LogP contribution in [0.25, 0.3) is 11.1 Å². The van der Waals surface area contributed by atoms with Crippen LogP contribution in [0, 0.1) is 37.5 Å². The van der Waals surface area contributed by atoms with E-state index >= 15 is 0 Å². The number of nitrogens with zero attached hydrogens (tertiary/aromatic N) is 1. The van der Waals surface area contributed by atoms with Crippen molar-refractivity contribution in [2.24, 2.45) is 23.7 Å². The molecule has 15 aliphatic rings. The van der Waals surface area contributed by atoms with Crippen LogP contribution >= 0.6 is 11.8 Å². The number of aryl methyl sites for hydroxylation is 4. The number of likely N-dealkylation sites (N-methyl/N-ethyl adjacent to an activating group) is 2. The fourth-order valence-electron chi connectivity index (χ4n) is 22.2. The van der Waals surface area contributed by atoms with Crippen LogP contribution < -0.4 is 69.1 Å². The van der Waals surface area contributed by atoms with E-state index in [9.17, 15) is 4.79 Å². The molecule has 4 bridgehead atoms. The maximum absolute atomic E-state index is 11.3. The molecule has 716 valence electrons. The van der Waals surface area contributed by atoms with Crippen LogP contribution in [-0.4, -0.2) is 172 Å². The molecule has 0 radical (unpaired) electrons. The van der Waals surface area contributed by atoms with E-state index in [0.717, 1.165) is 36.6 Å². The number of benzene rings is 6. The highest BCUT2D eigenvalue weighted by atomic mass is 32.2. The van der Waals surface area contributed by atoms with E-state index < -0.39 is 5.54 Å². The highest BCUT2D eigenvalue weighted by Gasteiger charge is 2.50. The molecular formula is C112H186N14OS. The zero-order valence-corrected chi connectivity index (χ0v) is 85.8. The van der Waals surface area contributed by atoms with Crippen molar-refractivity contribution in [3.8, 4) is 11.1 Å². The minimum Gasteiger partial charge on any atom is -0.388 e. The second kappa shape index (κ2) is 54.1. The van der Waals surface area contributed by atoms with Crippen LogP contribution in [0.2, 0.25) is 0 Å². The molecule has 128 heavy (non-hydrogen) atoms. The van der Waals surface area contributed by atoms with E-state index in [1.165, 1.54) is 283 Å². The maximum Gasteiger partial charge on any atom is 0.239 e. The van der Waals surface area contributed by atoms with Crippen molar-refractivity contribution in [3.63, 3.8) is 0 Å². The van der Waals surface area contributed by atoms with Gasteiger partial charge in [-0.2, -0.15) is 0 Å². The maximum atomic E-state index is 11.3. The Labute approximate surface area is 787 Å². The lowest BCUT2D eigenvalue weighted by atomic mass is 9.53. The molecule has 6 aromatic rings. The minimum absolute atomic E-state index is 0.0573. The predicted octanol–water partition coefficient (Wildman–Crippen LogP) is 21.5. The van der Waals surface area contributed by atoms with Crippen LogP contribution in [0.1, 0.15) is 315 Å². The van der Waals surface area contributed by atoms with Crippen molar-refractivity contribution in [2.75, 3.05) is 122 Å². The lowest BCUT2D eigenvalue weighted by Crippen LogP contribution is -2.57. The molecule has 21 rings (SSSR count). The monoisotopic (exact) mass is 1780 g/mol. The van der Waals surface area contributed by atoms with Crippen molar-refractivity contribution in [3.05, 3.63) is 195 Å².